The first-order valence-electron chi connectivity index (χ1n) is 21.7. The van der Waals surface area contributed by atoms with Crippen molar-refractivity contribution in [2.24, 2.45) is 23.7 Å². The molecule has 358 valence electrons. The van der Waals surface area contributed by atoms with E-state index in [2.05, 4.69) is 95.2 Å². The third-order valence-electron chi connectivity index (χ3n) is 12.2. The van der Waals surface area contributed by atoms with Crippen molar-refractivity contribution in [3.8, 4) is 11.8 Å². The second-order valence-corrected chi connectivity index (χ2v) is 25.4. The number of nitrogens with zero attached hydrogens (tertiary/aromatic N) is 2. The maximum Gasteiger partial charge on any atom is 0.384 e. The largest absolute Gasteiger partial charge is 0.459 e. The van der Waals surface area contributed by atoms with E-state index in [1.165, 1.54) is 143 Å². The molecule has 4 saturated carbocycles. The molecule has 2 unspecified atom stereocenters. The number of allylic oxidation sites excluding steroid dienone is 2. The van der Waals surface area contributed by atoms with Gasteiger partial charge in [-0.2, -0.15) is 0 Å². The van der Waals surface area contributed by atoms with Gasteiger partial charge in [-0.1, -0.05) is 103 Å². The van der Waals surface area contributed by atoms with Crippen LogP contribution in [-0.4, -0.2) is 51.9 Å². The Bertz CT molecular complexity index is 1300. The number of rotatable bonds is 8. The van der Waals surface area contributed by atoms with E-state index in [4.69, 9.17) is 4.12 Å². The minimum atomic E-state index is -1.58. The Hall–Kier alpha value is -1.43. The summed E-state index contributed by atoms with van der Waals surface area (Å²) in [6.45, 7) is 16.2. The number of carbonyl (C=O) groups is 2. The van der Waals surface area contributed by atoms with Gasteiger partial charge in [-0.25, -0.2) is 18.7 Å². The zero-order valence-electron chi connectivity index (χ0n) is 38.2. The van der Waals surface area contributed by atoms with Gasteiger partial charge in [0.15, 0.2) is 35.4 Å². The number of aromatic nitrogens is 2. The minimum Gasteiger partial charge on any atom is -0.459 e. The van der Waals surface area contributed by atoms with Gasteiger partial charge in [0.25, 0.3) is 0 Å². The van der Waals surface area contributed by atoms with Gasteiger partial charge in [0.05, 0.1) is 32.7 Å². The van der Waals surface area contributed by atoms with E-state index in [1.807, 2.05) is 23.2 Å². The quantitative estimate of drug-likeness (QED) is 0.0648. The van der Waals surface area contributed by atoms with Gasteiger partial charge in [-0.15, -0.1) is 13.2 Å². The Morgan fingerprint density at radius 1 is 0.590 bits per heavy atom. The van der Waals surface area contributed by atoms with Crippen LogP contribution in [0.15, 0.2) is 55.4 Å². The molecule has 6 rings (SSSR count). The SMILES string of the molecule is C.C.C1=CC(C2CCCCC2)[CH+]C1C1CCCCC1.C=C[Si](C)(C)O[Si](C)(C)C=C.COC(=O)C#CC(=O)OC.[CH3-].[CH3-].[Pt].[Pt].c1cn(C2CCCCC2)[cH+]n1C1CCCCC1. The summed E-state index contributed by atoms with van der Waals surface area (Å²) in [6.07, 6.45) is 43.8. The van der Waals surface area contributed by atoms with Crippen LogP contribution in [0.1, 0.15) is 155 Å². The van der Waals surface area contributed by atoms with Gasteiger partial charge in [-0.05, 0) is 89.7 Å². The smallest absolute Gasteiger partial charge is 0.384 e. The maximum absolute atomic E-state index is 10.2. The van der Waals surface area contributed by atoms with Gasteiger partial charge in [-0.3, -0.25) is 0 Å². The van der Waals surface area contributed by atoms with E-state index in [0.29, 0.717) is 0 Å². The number of esters is 2. The van der Waals surface area contributed by atoms with E-state index < -0.39 is 28.6 Å². The first-order chi connectivity index (χ1) is 26.4. The van der Waals surface area contributed by atoms with E-state index >= 15 is 0 Å². The molecule has 5 aliphatic rings. The maximum atomic E-state index is 10.2. The first-order valence-corrected chi connectivity index (χ1v) is 27.6. The first kappa shape index (κ1) is 66.2. The summed E-state index contributed by atoms with van der Waals surface area (Å²) in [5.41, 5.74) is 3.93. The Balaban J connectivity index is -0.000000353. The van der Waals surface area contributed by atoms with Crippen molar-refractivity contribution in [1.29, 1.82) is 0 Å². The zero-order chi connectivity index (χ0) is 40.1. The van der Waals surface area contributed by atoms with Crippen LogP contribution in [0.4, 0.5) is 0 Å². The summed E-state index contributed by atoms with van der Waals surface area (Å²) in [4.78, 5) is 20.5. The van der Waals surface area contributed by atoms with Crippen molar-refractivity contribution in [3.05, 3.63) is 76.7 Å². The monoisotopic (exact) mass is 1240 g/mol. The normalized spacial score (nSPS) is 20.2. The van der Waals surface area contributed by atoms with Crippen molar-refractivity contribution >= 4 is 28.6 Å². The number of hydrogen-bond acceptors (Lipinski definition) is 5. The molecular formula is C50H90N2O5Pt2Si2. The molecule has 0 bridgehead atoms. The van der Waals surface area contributed by atoms with Gasteiger partial charge in [0, 0.05) is 65.8 Å². The summed E-state index contributed by atoms with van der Waals surface area (Å²) in [6, 6.07) is 1.57. The molecule has 0 aromatic carbocycles. The number of carbonyl (C=O) groups excluding carboxylic acids is 2. The summed E-state index contributed by atoms with van der Waals surface area (Å²) < 4.78 is 19.2. The molecule has 1 aromatic heterocycles. The van der Waals surface area contributed by atoms with Crippen LogP contribution in [0.5, 0.6) is 0 Å². The van der Waals surface area contributed by atoms with Gasteiger partial charge in [0.2, 0.25) is 0 Å². The molecule has 0 amide bonds. The zero-order valence-corrected chi connectivity index (χ0v) is 44.8. The van der Waals surface area contributed by atoms with E-state index in [0.717, 1.165) is 35.8 Å². The van der Waals surface area contributed by atoms with Gasteiger partial charge < -0.3 is 28.4 Å². The van der Waals surface area contributed by atoms with Crippen LogP contribution in [0, 0.1) is 56.8 Å². The molecule has 7 nitrogen and oxygen atoms in total. The van der Waals surface area contributed by atoms with E-state index in [-0.39, 0.29) is 71.8 Å². The molecular weight excluding hydrogens is 1150 g/mol. The number of imidazole rings is 1. The van der Waals surface area contributed by atoms with Crippen molar-refractivity contribution in [2.45, 2.75) is 182 Å². The van der Waals surface area contributed by atoms with E-state index in [1.54, 1.807) is 0 Å². The van der Waals surface area contributed by atoms with Crippen LogP contribution in [0.2, 0.25) is 26.2 Å². The average molecular weight is 1250 g/mol. The average Bonchev–Trinajstić information content (AvgIpc) is 3.93. The molecule has 4 fully saturated rings. The number of hydrogen-bond donors (Lipinski definition) is 0. The molecule has 0 N–H and O–H groups in total. The fourth-order valence-electron chi connectivity index (χ4n) is 8.85. The molecule has 5 aliphatic carbocycles. The van der Waals surface area contributed by atoms with Crippen molar-refractivity contribution in [2.75, 3.05) is 14.2 Å². The second kappa shape index (κ2) is 35.9. The van der Waals surface area contributed by atoms with Crippen molar-refractivity contribution < 1.29 is 65.3 Å². The molecule has 2 atom stereocenters. The molecule has 0 saturated heterocycles. The number of ether oxygens (including phenoxy) is 2. The van der Waals surface area contributed by atoms with Gasteiger partial charge >= 0.3 is 11.9 Å². The Kier molecular flexibility index (Phi) is 38.9. The Morgan fingerprint density at radius 3 is 1.16 bits per heavy atom. The summed E-state index contributed by atoms with van der Waals surface area (Å²) in [7, 11) is -0.809. The molecule has 0 radical (unpaired) electrons. The summed E-state index contributed by atoms with van der Waals surface area (Å²) in [5, 5.41) is 0. The standard InChI is InChI=1S/C17H27.C15H25N2.C8H18OSi2.C6H6O4.2CH4.2CH3.2Pt/c2*1-3-7-14(8-4-1)16-11-12-17(13-16)15-9-5-2-6-10-15;1-7-10(3,4)9-11(5,6)8-2;1-9-5(7)3-4-6(8)10-2;;;;;;/h11-17H,1-10H2;11-15H,1-10H2;7-8H,1-2H2,3-6H3;1-2H3;2*1H4;2*1H3;;/q2*+1;;;;;2*-1;;. The fourth-order valence-corrected chi connectivity index (χ4v) is 14.9. The molecule has 61 heavy (non-hydrogen) atoms. The second-order valence-electron chi connectivity index (χ2n) is 17.4. The third kappa shape index (κ3) is 25.6. The van der Waals surface area contributed by atoms with E-state index in [9.17, 15) is 9.59 Å². The van der Waals surface area contributed by atoms with Crippen LogP contribution < -0.4 is 0 Å². The topological polar surface area (TPSA) is 71.7 Å². The van der Waals surface area contributed by atoms with Crippen molar-refractivity contribution in [1.82, 2.24) is 9.13 Å². The Labute approximate surface area is 408 Å². The van der Waals surface area contributed by atoms with Gasteiger partial charge in [0.1, 0.15) is 11.8 Å². The van der Waals surface area contributed by atoms with Crippen LogP contribution in [0.25, 0.3) is 0 Å². The van der Waals surface area contributed by atoms with Crippen LogP contribution in [-0.2, 0) is 65.3 Å². The number of methoxy groups -OCH3 is 2. The summed E-state index contributed by atoms with van der Waals surface area (Å²) >= 11 is 0. The summed E-state index contributed by atoms with van der Waals surface area (Å²) in [5.74, 6) is 5.94. The molecule has 0 spiro atoms. The predicted octanol–water partition coefficient (Wildman–Crippen LogP) is 14.1. The molecule has 11 heteroatoms. The van der Waals surface area contributed by atoms with Crippen LogP contribution in [0.3, 0.4) is 0 Å². The van der Waals surface area contributed by atoms with Crippen molar-refractivity contribution in [3.63, 3.8) is 0 Å². The molecule has 1 aromatic rings. The predicted molar refractivity (Wildman–Crippen MR) is 259 cm³/mol. The Morgan fingerprint density at radius 2 is 0.885 bits per heavy atom. The third-order valence-corrected chi connectivity index (χ3v) is 18.4. The molecule has 1 heterocycles. The molecule has 0 aliphatic heterocycles. The minimum absolute atomic E-state index is 0. The van der Waals surface area contributed by atoms with Crippen LogP contribution >= 0.6 is 0 Å². The fraction of sp³-hybridized carbons (Fsp3) is 0.680.